The van der Waals surface area contributed by atoms with E-state index in [9.17, 15) is 0 Å². The van der Waals surface area contributed by atoms with Crippen LogP contribution in [0.4, 0.5) is 0 Å². The third-order valence-corrected chi connectivity index (χ3v) is 1.79. The van der Waals surface area contributed by atoms with Crippen LogP contribution >= 0.6 is 11.6 Å². The van der Waals surface area contributed by atoms with E-state index in [1.54, 1.807) is 12.4 Å². The lowest BCUT2D eigenvalue weighted by Gasteiger charge is -1.97. The second-order valence-corrected chi connectivity index (χ2v) is 2.47. The average Bonchev–Trinajstić information content (AvgIpc) is 2.20. The van der Waals surface area contributed by atoms with Crippen molar-refractivity contribution in [1.82, 2.24) is 4.98 Å². The van der Waals surface area contributed by atoms with Gasteiger partial charge in [0.05, 0.1) is 5.02 Å². The lowest BCUT2D eigenvalue weighted by molar-refractivity contribution is 1.22. The summed E-state index contributed by atoms with van der Waals surface area (Å²) < 4.78 is 0. The number of pyridine rings is 1. The molecule has 0 aliphatic rings. The van der Waals surface area contributed by atoms with E-state index in [0.29, 0.717) is 0 Å². The Morgan fingerprint density at radius 1 is 1.00 bits per heavy atom. The molecule has 0 aromatic carbocycles. The van der Waals surface area contributed by atoms with Gasteiger partial charge in [-0.2, -0.15) is 0 Å². The number of rotatable bonds is 0. The quantitative estimate of drug-likeness (QED) is 0.606. The molecule has 0 fully saturated rings. The normalized spacial score (nSPS) is 7.62. The zero-order valence-electron chi connectivity index (χ0n) is 9.48. The third-order valence-electron chi connectivity index (χ3n) is 1.41. The molecule has 0 bridgehead atoms. The summed E-state index contributed by atoms with van der Waals surface area (Å²) in [5, 5.41) is 0.745. The molecule has 1 aromatic rings. The van der Waals surface area contributed by atoms with Gasteiger partial charge in [-0.3, -0.25) is 4.98 Å². The van der Waals surface area contributed by atoms with Crippen molar-refractivity contribution < 1.29 is 0 Å². The molecule has 0 amide bonds. The van der Waals surface area contributed by atoms with Gasteiger partial charge in [0, 0.05) is 12.4 Å². The maximum absolute atomic E-state index is 5.75. The molecule has 0 saturated carbocycles. The molecule has 2 heteroatoms. The van der Waals surface area contributed by atoms with Gasteiger partial charge in [-0.15, -0.1) is 0 Å². The Labute approximate surface area is 87.2 Å². The minimum absolute atomic E-state index is 0.745. The van der Waals surface area contributed by atoms with Gasteiger partial charge in [0.15, 0.2) is 0 Å². The Hall–Kier alpha value is -0.560. The minimum atomic E-state index is 0.745. The molecule has 0 aliphatic carbocycles. The van der Waals surface area contributed by atoms with Gasteiger partial charge in [0.25, 0.3) is 0 Å². The van der Waals surface area contributed by atoms with E-state index in [1.165, 1.54) is 0 Å². The van der Waals surface area contributed by atoms with Crippen molar-refractivity contribution in [3.8, 4) is 0 Å². The van der Waals surface area contributed by atoms with Crippen LogP contribution in [0, 0.1) is 13.8 Å². The van der Waals surface area contributed by atoms with E-state index in [0.717, 1.165) is 16.1 Å². The van der Waals surface area contributed by atoms with E-state index in [4.69, 9.17) is 11.6 Å². The summed E-state index contributed by atoms with van der Waals surface area (Å²) in [6, 6.07) is 0. The monoisotopic (exact) mass is 201 g/mol. The van der Waals surface area contributed by atoms with Crippen molar-refractivity contribution in [2.24, 2.45) is 0 Å². The fraction of sp³-hybridized carbons (Fsp3) is 0.545. The Morgan fingerprint density at radius 2 is 1.46 bits per heavy atom. The van der Waals surface area contributed by atoms with Crippen molar-refractivity contribution in [2.75, 3.05) is 0 Å². The van der Waals surface area contributed by atoms with Crippen LogP contribution in [-0.4, -0.2) is 4.98 Å². The predicted octanol–water partition coefficient (Wildman–Crippen LogP) is 4.40. The van der Waals surface area contributed by atoms with Gasteiger partial charge in [0.1, 0.15) is 0 Å². The Balaban J connectivity index is 0. The van der Waals surface area contributed by atoms with Crippen LogP contribution in [0.25, 0.3) is 0 Å². The van der Waals surface area contributed by atoms with E-state index in [2.05, 4.69) is 4.98 Å². The molecule has 0 radical (unpaired) electrons. The smallest absolute Gasteiger partial charge is 0.0621 e. The summed E-state index contributed by atoms with van der Waals surface area (Å²) in [4.78, 5) is 3.91. The van der Waals surface area contributed by atoms with Crippen LogP contribution in [0.2, 0.25) is 5.02 Å². The maximum Gasteiger partial charge on any atom is 0.0621 e. The predicted molar refractivity (Wildman–Crippen MR) is 61.4 cm³/mol. The van der Waals surface area contributed by atoms with Crippen molar-refractivity contribution in [3.63, 3.8) is 0 Å². The molecule has 0 unspecified atom stereocenters. The summed E-state index contributed by atoms with van der Waals surface area (Å²) in [5.41, 5.74) is 2.26. The van der Waals surface area contributed by atoms with Gasteiger partial charge in [0.2, 0.25) is 0 Å². The number of nitrogens with zero attached hydrogens (tertiary/aromatic N) is 1. The fourth-order valence-corrected chi connectivity index (χ4v) is 0.802. The highest BCUT2D eigenvalue weighted by atomic mass is 35.5. The standard InChI is InChI=1S/C7H8ClN.2C2H6/c1-5-3-9-4-7(8)6(5)2;2*1-2/h3-4H,1-2H3;2*1-2H3. The fourth-order valence-electron chi connectivity index (χ4n) is 0.597. The van der Waals surface area contributed by atoms with Gasteiger partial charge < -0.3 is 0 Å². The summed E-state index contributed by atoms with van der Waals surface area (Å²) in [7, 11) is 0. The topological polar surface area (TPSA) is 12.9 Å². The molecule has 13 heavy (non-hydrogen) atoms. The van der Waals surface area contributed by atoms with Crippen molar-refractivity contribution >= 4 is 11.6 Å². The molecule has 1 aromatic heterocycles. The van der Waals surface area contributed by atoms with Crippen molar-refractivity contribution in [1.29, 1.82) is 0 Å². The van der Waals surface area contributed by atoms with E-state index >= 15 is 0 Å². The van der Waals surface area contributed by atoms with E-state index in [-0.39, 0.29) is 0 Å². The van der Waals surface area contributed by atoms with Crippen LogP contribution in [0.1, 0.15) is 38.8 Å². The first-order chi connectivity index (χ1) is 6.22. The van der Waals surface area contributed by atoms with Gasteiger partial charge >= 0.3 is 0 Å². The maximum atomic E-state index is 5.75. The molecule has 0 spiro atoms. The Kier molecular flexibility index (Phi) is 10.9. The second kappa shape index (κ2) is 9.53. The second-order valence-electron chi connectivity index (χ2n) is 2.06. The molecule has 0 atom stereocenters. The third kappa shape index (κ3) is 5.64. The molecule has 0 saturated heterocycles. The van der Waals surface area contributed by atoms with Crippen LogP contribution < -0.4 is 0 Å². The van der Waals surface area contributed by atoms with E-state index < -0.39 is 0 Å². The number of aryl methyl sites for hydroxylation is 1. The minimum Gasteiger partial charge on any atom is -0.263 e. The molecule has 0 aliphatic heterocycles. The molecule has 1 nitrogen and oxygen atoms in total. The highest BCUT2D eigenvalue weighted by Gasteiger charge is 1.95. The largest absolute Gasteiger partial charge is 0.263 e. The number of halogens is 1. The first kappa shape index (κ1) is 14.9. The Bertz CT molecular complexity index is 201. The number of hydrogen-bond acceptors (Lipinski definition) is 1. The molecule has 1 rings (SSSR count). The average molecular weight is 202 g/mol. The molecule has 76 valence electrons. The van der Waals surface area contributed by atoms with Crippen molar-refractivity contribution in [3.05, 3.63) is 28.5 Å². The highest BCUT2D eigenvalue weighted by molar-refractivity contribution is 6.31. The Morgan fingerprint density at radius 3 is 1.77 bits per heavy atom. The molecular weight excluding hydrogens is 182 g/mol. The summed E-state index contributed by atoms with van der Waals surface area (Å²) in [6.07, 6.45) is 3.46. The molecular formula is C11H20ClN. The van der Waals surface area contributed by atoms with Gasteiger partial charge in [-0.25, -0.2) is 0 Å². The molecule has 0 N–H and O–H groups in total. The van der Waals surface area contributed by atoms with Crippen LogP contribution in [-0.2, 0) is 0 Å². The SMILES string of the molecule is CC.CC.Cc1cncc(Cl)c1C. The van der Waals surface area contributed by atoms with Gasteiger partial charge in [-0.1, -0.05) is 39.3 Å². The number of aromatic nitrogens is 1. The summed E-state index contributed by atoms with van der Waals surface area (Å²) in [6.45, 7) is 12.0. The van der Waals surface area contributed by atoms with Crippen LogP contribution in [0.5, 0.6) is 0 Å². The lowest BCUT2D eigenvalue weighted by Crippen LogP contribution is -1.82. The highest BCUT2D eigenvalue weighted by Crippen LogP contribution is 2.15. The van der Waals surface area contributed by atoms with E-state index in [1.807, 2.05) is 41.5 Å². The zero-order chi connectivity index (χ0) is 10.9. The number of hydrogen-bond donors (Lipinski definition) is 0. The first-order valence-electron chi connectivity index (χ1n) is 4.78. The summed E-state index contributed by atoms with van der Waals surface area (Å²) in [5.74, 6) is 0. The zero-order valence-corrected chi connectivity index (χ0v) is 10.2. The van der Waals surface area contributed by atoms with Crippen LogP contribution in [0.15, 0.2) is 12.4 Å². The molecule has 1 heterocycles. The lowest BCUT2D eigenvalue weighted by atomic mass is 10.2. The van der Waals surface area contributed by atoms with Crippen LogP contribution in [0.3, 0.4) is 0 Å². The van der Waals surface area contributed by atoms with Gasteiger partial charge in [-0.05, 0) is 25.0 Å². The first-order valence-corrected chi connectivity index (χ1v) is 5.16. The van der Waals surface area contributed by atoms with Crippen molar-refractivity contribution in [2.45, 2.75) is 41.5 Å². The summed E-state index contributed by atoms with van der Waals surface area (Å²) >= 11 is 5.75.